The van der Waals surface area contributed by atoms with Crippen LogP contribution in [0.3, 0.4) is 0 Å². The Morgan fingerprint density at radius 1 is 1.33 bits per heavy atom. The minimum atomic E-state index is -0.898. The molecular formula is C16H19NO4. The van der Waals surface area contributed by atoms with Gasteiger partial charge in [-0.05, 0) is 30.0 Å². The number of carbonyl (C=O) groups excluding carboxylic acids is 1. The van der Waals surface area contributed by atoms with Gasteiger partial charge in [-0.15, -0.1) is 0 Å². The van der Waals surface area contributed by atoms with Crippen molar-refractivity contribution in [1.82, 2.24) is 4.90 Å². The molecule has 0 bridgehead atoms. The summed E-state index contributed by atoms with van der Waals surface area (Å²) in [5.74, 6) is -0.242. The van der Waals surface area contributed by atoms with Gasteiger partial charge in [0, 0.05) is 13.1 Å². The summed E-state index contributed by atoms with van der Waals surface area (Å²) in [5, 5.41) is 8.96. The van der Waals surface area contributed by atoms with Crippen LogP contribution in [0.5, 0.6) is 0 Å². The zero-order valence-corrected chi connectivity index (χ0v) is 12.0. The van der Waals surface area contributed by atoms with Crippen molar-refractivity contribution in [2.75, 3.05) is 19.7 Å². The van der Waals surface area contributed by atoms with E-state index in [9.17, 15) is 9.59 Å². The van der Waals surface area contributed by atoms with E-state index in [0.29, 0.717) is 26.1 Å². The van der Waals surface area contributed by atoms with E-state index in [4.69, 9.17) is 9.84 Å². The second-order valence-electron chi connectivity index (χ2n) is 4.85. The third kappa shape index (κ3) is 3.84. The highest BCUT2D eigenvalue weighted by Crippen LogP contribution is 2.26. The minimum absolute atomic E-state index is 0.240. The van der Waals surface area contributed by atoms with Crippen LogP contribution in [0.2, 0.25) is 0 Å². The first-order chi connectivity index (χ1) is 10.1. The standard InChI is InChI=1S/C16H19NO4/c1-2-21-15(18)11-13-5-3-4-6-14(13)12-7-9-17(10-8-12)16(19)20/h3-7H,2,8-11H2,1H3,(H,19,20). The summed E-state index contributed by atoms with van der Waals surface area (Å²) in [6.45, 7) is 3.03. The van der Waals surface area contributed by atoms with Gasteiger partial charge in [0.1, 0.15) is 0 Å². The van der Waals surface area contributed by atoms with Crippen molar-refractivity contribution in [3.63, 3.8) is 0 Å². The smallest absolute Gasteiger partial charge is 0.407 e. The molecular weight excluding hydrogens is 270 g/mol. The zero-order valence-electron chi connectivity index (χ0n) is 12.0. The highest BCUT2D eigenvalue weighted by atomic mass is 16.5. The van der Waals surface area contributed by atoms with Gasteiger partial charge in [0.2, 0.25) is 0 Å². The van der Waals surface area contributed by atoms with Gasteiger partial charge in [0.25, 0.3) is 0 Å². The summed E-state index contributed by atoms with van der Waals surface area (Å²) >= 11 is 0. The van der Waals surface area contributed by atoms with Gasteiger partial charge < -0.3 is 14.7 Å². The van der Waals surface area contributed by atoms with Crippen LogP contribution in [0, 0.1) is 0 Å². The molecule has 112 valence electrons. The molecule has 1 amide bonds. The fourth-order valence-electron chi connectivity index (χ4n) is 2.44. The Labute approximate surface area is 123 Å². The molecule has 2 rings (SSSR count). The van der Waals surface area contributed by atoms with Crippen LogP contribution in [-0.2, 0) is 16.0 Å². The summed E-state index contributed by atoms with van der Waals surface area (Å²) < 4.78 is 4.99. The predicted molar refractivity (Wildman–Crippen MR) is 79.0 cm³/mol. The molecule has 1 aromatic rings. The summed E-state index contributed by atoms with van der Waals surface area (Å²) in [7, 11) is 0. The van der Waals surface area contributed by atoms with Crippen molar-refractivity contribution in [1.29, 1.82) is 0 Å². The number of carbonyl (C=O) groups is 2. The molecule has 0 atom stereocenters. The average molecular weight is 289 g/mol. The highest BCUT2D eigenvalue weighted by molar-refractivity contribution is 5.78. The maximum absolute atomic E-state index is 11.7. The van der Waals surface area contributed by atoms with Gasteiger partial charge in [0.05, 0.1) is 13.0 Å². The van der Waals surface area contributed by atoms with Gasteiger partial charge in [0.15, 0.2) is 0 Å². The van der Waals surface area contributed by atoms with E-state index in [0.717, 1.165) is 16.7 Å². The largest absolute Gasteiger partial charge is 0.466 e. The molecule has 1 aromatic carbocycles. The maximum atomic E-state index is 11.7. The van der Waals surface area contributed by atoms with Gasteiger partial charge >= 0.3 is 12.1 Å². The number of nitrogens with zero attached hydrogens (tertiary/aromatic N) is 1. The third-order valence-electron chi connectivity index (χ3n) is 3.48. The first-order valence-corrected chi connectivity index (χ1v) is 7.02. The van der Waals surface area contributed by atoms with Crippen LogP contribution in [0.25, 0.3) is 5.57 Å². The topological polar surface area (TPSA) is 66.8 Å². The van der Waals surface area contributed by atoms with Crippen LogP contribution >= 0.6 is 0 Å². The van der Waals surface area contributed by atoms with Crippen LogP contribution < -0.4 is 0 Å². The Kier molecular flexibility index (Phi) is 4.98. The normalized spacial score (nSPS) is 14.5. The fourth-order valence-corrected chi connectivity index (χ4v) is 2.44. The molecule has 1 N–H and O–H groups in total. The van der Waals surface area contributed by atoms with Crippen molar-refractivity contribution in [2.24, 2.45) is 0 Å². The molecule has 0 aliphatic carbocycles. The molecule has 1 aliphatic rings. The molecule has 0 saturated carbocycles. The summed E-state index contributed by atoms with van der Waals surface area (Å²) in [4.78, 5) is 24.0. The third-order valence-corrected chi connectivity index (χ3v) is 3.48. The SMILES string of the molecule is CCOC(=O)Cc1ccccc1C1=CCN(C(=O)O)CC1. The van der Waals surface area contributed by atoms with E-state index in [2.05, 4.69) is 0 Å². The Bertz CT molecular complexity index is 565. The number of ether oxygens (including phenoxy) is 1. The first kappa shape index (κ1) is 15.1. The lowest BCUT2D eigenvalue weighted by Gasteiger charge is -2.24. The molecule has 0 saturated heterocycles. The number of hydrogen-bond donors (Lipinski definition) is 1. The Morgan fingerprint density at radius 3 is 2.71 bits per heavy atom. The second-order valence-corrected chi connectivity index (χ2v) is 4.85. The van der Waals surface area contributed by atoms with Gasteiger partial charge in [-0.25, -0.2) is 4.79 Å². The number of rotatable bonds is 4. The molecule has 1 heterocycles. The average Bonchev–Trinajstić information content (AvgIpc) is 2.48. The fraction of sp³-hybridized carbons (Fsp3) is 0.375. The second kappa shape index (κ2) is 6.92. The Balaban J connectivity index is 2.17. The summed E-state index contributed by atoms with van der Waals surface area (Å²) in [5.41, 5.74) is 3.02. The summed E-state index contributed by atoms with van der Waals surface area (Å²) in [6.07, 6.45) is 1.92. The lowest BCUT2D eigenvalue weighted by atomic mass is 9.93. The molecule has 0 radical (unpaired) electrons. The van der Waals surface area contributed by atoms with E-state index >= 15 is 0 Å². The lowest BCUT2D eigenvalue weighted by molar-refractivity contribution is -0.142. The lowest BCUT2D eigenvalue weighted by Crippen LogP contribution is -2.33. The number of benzene rings is 1. The summed E-state index contributed by atoms with van der Waals surface area (Å²) in [6, 6.07) is 7.70. The van der Waals surface area contributed by atoms with Crippen molar-refractivity contribution in [3.05, 3.63) is 41.5 Å². The number of hydrogen-bond acceptors (Lipinski definition) is 3. The van der Waals surface area contributed by atoms with Gasteiger partial charge in [-0.3, -0.25) is 4.79 Å². The molecule has 0 aromatic heterocycles. The van der Waals surface area contributed by atoms with Crippen LogP contribution in [0.4, 0.5) is 4.79 Å². The highest BCUT2D eigenvalue weighted by Gasteiger charge is 2.18. The van der Waals surface area contributed by atoms with E-state index in [1.807, 2.05) is 30.3 Å². The van der Waals surface area contributed by atoms with E-state index < -0.39 is 6.09 Å². The Hall–Kier alpha value is -2.30. The monoisotopic (exact) mass is 289 g/mol. The molecule has 5 nitrogen and oxygen atoms in total. The van der Waals surface area contributed by atoms with Crippen LogP contribution in [0.1, 0.15) is 24.5 Å². The Morgan fingerprint density at radius 2 is 2.10 bits per heavy atom. The molecule has 0 unspecified atom stereocenters. The van der Waals surface area contributed by atoms with Gasteiger partial charge in [-0.2, -0.15) is 0 Å². The van der Waals surface area contributed by atoms with Crippen molar-refractivity contribution in [2.45, 2.75) is 19.8 Å². The molecule has 5 heteroatoms. The zero-order chi connectivity index (χ0) is 15.2. The van der Waals surface area contributed by atoms with Crippen LogP contribution in [0.15, 0.2) is 30.3 Å². The van der Waals surface area contributed by atoms with Crippen molar-refractivity contribution >= 4 is 17.6 Å². The molecule has 0 spiro atoms. The van der Waals surface area contributed by atoms with Crippen molar-refractivity contribution in [3.8, 4) is 0 Å². The van der Waals surface area contributed by atoms with E-state index in [1.165, 1.54) is 4.90 Å². The quantitative estimate of drug-likeness (QED) is 0.865. The van der Waals surface area contributed by atoms with E-state index in [1.54, 1.807) is 6.92 Å². The number of esters is 1. The van der Waals surface area contributed by atoms with E-state index in [-0.39, 0.29) is 12.4 Å². The molecule has 0 fully saturated rings. The maximum Gasteiger partial charge on any atom is 0.407 e. The van der Waals surface area contributed by atoms with Crippen molar-refractivity contribution < 1.29 is 19.4 Å². The van der Waals surface area contributed by atoms with Gasteiger partial charge in [-0.1, -0.05) is 30.3 Å². The number of carboxylic acid groups (broad SMARTS) is 1. The first-order valence-electron chi connectivity index (χ1n) is 7.02. The molecule has 1 aliphatic heterocycles. The predicted octanol–water partition coefficient (Wildman–Crippen LogP) is 2.56. The van der Waals surface area contributed by atoms with Crippen LogP contribution in [-0.4, -0.2) is 41.8 Å². The number of amides is 1. The molecule has 21 heavy (non-hydrogen) atoms. The minimum Gasteiger partial charge on any atom is -0.466 e.